The normalized spacial score (nSPS) is 26.8. The number of sulfonamides is 1. The number of benzene rings is 1. The van der Waals surface area contributed by atoms with Gasteiger partial charge in [0.25, 0.3) is 0 Å². The van der Waals surface area contributed by atoms with Gasteiger partial charge in [-0.25, -0.2) is 13.6 Å². The first-order valence-corrected chi connectivity index (χ1v) is 7.07. The molecule has 0 unspecified atom stereocenters. The highest BCUT2D eigenvalue weighted by Crippen LogP contribution is 2.64. The van der Waals surface area contributed by atoms with Gasteiger partial charge in [-0.1, -0.05) is 32.0 Å². The van der Waals surface area contributed by atoms with Gasteiger partial charge in [0, 0.05) is 6.61 Å². The number of rotatable bonds is 3. The Bertz CT molecular complexity index is 536. The third kappa shape index (κ3) is 1.99. The first kappa shape index (κ1) is 12.5. The van der Waals surface area contributed by atoms with Crippen molar-refractivity contribution >= 4 is 10.0 Å². The number of hydrogen-bond acceptors (Lipinski definition) is 3. The Kier molecular flexibility index (Phi) is 2.80. The van der Waals surface area contributed by atoms with E-state index in [9.17, 15) is 13.5 Å². The van der Waals surface area contributed by atoms with Crippen molar-refractivity contribution in [1.82, 2.24) is 0 Å². The van der Waals surface area contributed by atoms with Crippen LogP contribution in [0.25, 0.3) is 0 Å². The lowest BCUT2D eigenvalue weighted by Crippen LogP contribution is -2.14. The molecule has 4 nitrogen and oxygen atoms in total. The summed E-state index contributed by atoms with van der Waals surface area (Å²) in [5.74, 6) is 0.160. The van der Waals surface area contributed by atoms with Crippen LogP contribution in [0.4, 0.5) is 0 Å². The average molecular weight is 255 g/mol. The number of aliphatic hydroxyl groups excluding tert-OH is 1. The van der Waals surface area contributed by atoms with Crippen LogP contribution in [0.15, 0.2) is 29.2 Å². The number of hydrogen-bond donors (Lipinski definition) is 2. The van der Waals surface area contributed by atoms with Crippen molar-refractivity contribution in [1.29, 1.82) is 0 Å². The molecule has 17 heavy (non-hydrogen) atoms. The first-order valence-electron chi connectivity index (χ1n) is 5.52. The van der Waals surface area contributed by atoms with Gasteiger partial charge < -0.3 is 5.11 Å². The lowest BCUT2D eigenvalue weighted by atomic mass is 10.0. The second kappa shape index (κ2) is 3.80. The second-order valence-corrected chi connectivity index (χ2v) is 6.70. The van der Waals surface area contributed by atoms with E-state index >= 15 is 0 Å². The lowest BCUT2D eigenvalue weighted by Gasteiger charge is -2.08. The Morgan fingerprint density at radius 1 is 1.35 bits per heavy atom. The van der Waals surface area contributed by atoms with Crippen LogP contribution < -0.4 is 5.14 Å². The summed E-state index contributed by atoms with van der Waals surface area (Å²) >= 11 is 0. The fraction of sp³-hybridized carbons (Fsp3) is 0.500. The summed E-state index contributed by atoms with van der Waals surface area (Å²) in [4.78, 5) is 0.175. The maximum absolute atomic E-state index is 11.5. The molecule has 0 aliphatic heterocycles. The van der Waals surface area contributed by atoms with Crippen molar-refractivity contribution in [3.63, 3.8) is 0 Å². The first-order chi connectivity index (χ1) is 7.80. The molecule has 2 rings (SSSR count). The van der Waals surface area contributed by atoms with E-state index in [1.54, 1.807) is 18.2 Å². The van der Waals surface area contributed by atoms with E-state index in [1.807, 2.05) is 13.8 Å². The summed E-state index contributed by atoms with van der Waals surface area (Å²) in [7, 11) is -3.70. The molecule has 1 aromatic rings. The monoisotopic (exact) mass is 255 g/mol. The third-order valence-corrected chi connectivity index (χ3v) is 4.79. The Hall–Kier alpha value is -0.910. The maximum atomic E-state index is 11.5. The van der Waals surface area contributed by atoms with Crippen LogP contribution in [0.2, 0.25) is 0 Å². The summed E-state index contributed by atoms with van der Waals surface area (Å²) in [5, 5.41) is 14.5. The quantitative estimate of drug-likeness (QED) is 0.847. The molecule has 1 aliphatic carbocycles. The number of aliphatic hydroxyl groups is 1. The van der Waals surface area contributed by atoms with Crippen LogP contribution >= 0.6 is 0 Å². The minimum atomic E-state index is -3.70. The molecular weight excluding hydrogens is 238 g/mol. The number of nitrogens with two attached hydrogens (primary N) is 1. The second-order valence-electron chi connectivity index (χ2n) is 5.17. The molecule has 3 N–H and O–H groups in total. The van der Waals surface area contributed by atoms with Gasteiger partial charge in [-0.05, 0) is 28.9 Å². The smallest absolute Gasteiger partial charge is 0.238 e. The van der Waals surface area contributed by atoms with Crippen molar-refractivity contribution in [2.45, 2.75) is 24.7 Å². The SMILES string of the molecule is CC1(C)[C@@H](CO)[C@@H]1c1ccccc1S(N)(=O)=O. The average Bonchev–Trinajstić information content (AvgIpc) is 2.79. The van der Waals surface area contributed by atoms with E-state index < -0.39 is 10.0 Å². The Labute approximate surface area is 102 Å². The van der Waals surface area contributed by atoms with Gasteiger partial charge in [-0.2, -0.15) is 0 Å². The zero-order valence-corrected chi connectivity index (χ0v) is 10.7. The fourth-order valence-electron chi connectivity index (χ4n) is 2.70. The standard InChI is InChI=1S/C12H17NO3S/c1-12(2)9(7-14)11(12)8-5-3-4-6-10(8)17(13,15)16/h3-6,9,11,14H,7H2,1-2H3,(H2,13,15,16)/t9-,11-/m0/s1. The van der Waals surface area contributed by atoms with Crippen LogP contribution in [0.1, 0.15) is 25.3 Å². The molecule has 1 aromatic carbocycles. The van der Waals surface area contributed by atoms with Crippen LogP contribution in [-0.4, -0.2) is 20.1 Å². The van der Waals surface area contributed by atoms with Gasteiger partial charge in [-0.3, -0.25) is 0 Å². The van der Waals surface area contributed by atoms with Crippen molar-refractivity contribution in [3.8, 4) is 0 Å². The van der Waals surface area contributed by atoms with Crippen molar-refractivity contribution in [2.75, 3.05) is 6.61 Å². The molecule has 0 amide bonds. The predicted octanol–water partition coefficient (Wildman–Crippen LogP) is 1.07. The molecule has 2 atom stereocenters. The topological polar surface area (TPSA) is 80.4 Å². The Morgan fingerprint density at radius 3 is 2.41 bits per heavy atom. The summed E-state index contributed by atoms with van der Waals surface area (Å²) in [6.45, 7) is 4.12. The molecule has 0 spiro atoms. The maximum Gasteiger partial charge on any atom is 0.238 e. The summed E-state index contributed by atoms with van der Waals surface area (Å²) in [6.07, 6.45) is 0. The predicted molar refractivity (Wildman–Crippen MR) is 64.9 cm³/mol. The third-order valence-electron chi connectivity index (χ3n) is 3.81. The van der Waals surface area contributed by atoms with Gasteiger partial charge in [0.1, 0.15) is 0 Å². The minimum absolute atomic E-state index is 0.0574. The lowest BCUT2D eigenvalue weighted by molar-refractivity contribution is 0.256. The number of primary sulfonamides is 1. The largest absolute Gasteiger partial charge is 0.396 e. The molecule has 0 aromatic heterocycles. The Balaban J connectivity index is 2.49. The van der Waals surface area contributed by atoms with E-state index in [-0.39, 0.29) is 28.8 Å². The molecule has 5 heteroatoms. The van der Waals surface area contributed by atoms with Gasteiger partial charge in [0.2, 0.25) is 10.0 Å². The zero-order valence-electron chi connectivity index (χ0n) is 9.92. The summed E-state index contributed by atoms with van der Waals surface area (Å²) in [6, 6.07) is 6.76. The van der Waals surface area contributed by atoms with Gasteiger partial charge in [0.15, 0.2) is 0 Å². The molecule has 1 fully saturated rings. The van der Waals surface area contributed by atoms with Crippen molar-refractivity contribution < 1.29 is 13.5 Å². The molecule has 94 valence electrons. The van der Waals surface area contributed by atoms with Crippen molar-refractivity contribution in [3.05, 3.63) is 29.8 Å². The highest BCUT2D eigenvalue weighted by atomic mass is 32.2. The molecule has 1 aliphatic rings. The van der Waals surface area contributed by atoms with Gasteiger partial charge in [0.05, 0.1) is 4.90 Å². The molecule has 0 radical (unpaired) electrons. The van der Waals surface area contributed by atoms with Gasteiger partial charge >= 0.3 is 0 Å². The molecule has 0 saturated heterocycles. The van der Waals surface area contributed by atoms with Crippen LogP contribution in [0.3, 0.4) is 0 Å². The van der Waals surface area contributed by atoms with Crippen LogP contribution in [0, 0.1) is 11.3 Å². The summed E-state index contributed by atoms with van der Waals surface area (Å²) < 4.78 is 23.0. The van der Waals surface area contributed by atoms with E-state index in [1.165, 1.54) is 6.07 Å². The molecular formula is C12H17NO3S. The van der Waals surface area contributed by atoms with Gasteiger partial charge in [-0.15, -0.1) is 0 Å². The Morgan fingerprint density at radius 2 is 1.94 bits per heavy atom. The van der Waals surface area contributed by atoms with E-state index in [0.29, 0.717) is 0 Å². The van der Waals surface area contributed by atoms with Crippen molar-refractivity contribution in [2.24, 2.45) is 16.5 Å². The van der Waals surface area contributed by atoms with E-state index in [0.717, 1.165) is 5.56 Å². The van der Waals surface area contributed by atoms with Crippen LogP contribution in [-0.2, 0) is 10.0 Å². The minimum Gasteiger partial charge on any atom is -0.396 e. The molecule has 1 saturated carbocycles. The summed E-state index contributed by atoms with van der Waals surface area (Å²) in [5.41, 5.74) is 0.647. The van der Waals surface area contributed by atoms with E-state index in [4.69, 9.17) is 5.14 Å². The molecule has 0 bridgehead atoms. The van der Waals surface area contributed by atoms with Crippen LogP contribution in [0.5, 0.6) is 0 Å². The fourth-order valence-corrected chi connectivity index (χ4v) is 3.49. The highest BCUT2D eigenvalue weighted by Gasteiger charge is 2.58. The molecule has 0 heterocycles. The van der Waals surface area contributed by atoms with E-state index in [2.05, 4.69) is 0 Å². The zero-order chi connectivity index (χ0) is 12.8. The highest BCUT2D eigenvalue weighted by molar-refractivity contribution is 7.89.